The molecule has 3 heteroatoms. The van der Waals surface area contributed by atoms with Crippen molar-refractivity contribution >= 4 is 11.8 Å². The molecule has 3 aliphatic rings. The first-order valence-electron chi connectivity index (χ1n) is 7.83. The van der Waals surface area contributed by atoms with Gasteiger partial charge in [-0.1, -0.05) is 12.8 Å². The van der Waals surface area contributed by atoms with Gasteiger partial charge in [0.2, 0.25) is 0 Å². The Balaban J connectivity index is 1.57. The maximum absolute atomic E-state index is 3.81. The lowest BCUT2D eigenvalue weighted by atomic mass is 9.85. The molecule has 0 bridgehead atoms. The number of nitrogens with one attached hydrogen (secondary N) is 1. The minimum Gasteiger partial charge on any atom is -0.313 e. The number of hydrogen-bond acceptors (Lipinski definition) is 3. The zero-order chi connectivity index (χ0) is 12.4. The summed E-state index contributed by atoms with van der Waals surface area (Å²) in [5.74, 6) is 2.68. The fourth-order valence-corrected chi connectivity index (χ4v) is 4.67. The van der Waals surface area contributed by atoms with Crippen LogP contribution in [0.15, 0.2) is 0 Å². The molecule has 0 spiro atoms. The quantitative estimate of drug-likeness (QED) is 0.825. The van der Waals surface area contributed by atoms with Crippen molar-refractivity contribution in [3.05, 3.63) is 0 Å². The summed E-state index contributed by atoms with van der Waals surface area (Å²) < 4.78 is 0. The van der Waals surface area contributed by atoms with Crippen LogP contribution in [0.25, 0.3) is 0 Å². The van der Waals surface area contributed by atoms with Gasteiger partial charge in [0.1, 0.15) is 0 Å². The predicted molar refractivity (Wildman–Crippen MR) is 80.3 cm³/mol. The van der Waals surface area contributed by atoms with Gasteiger partial charge in [0.25, 0.3) is 0 Å². The minimum absolute atomic E-state index is 0.610. The number of hydrogen-bond donors (Lipinski definition) is 1. The lowest BCUT2D eigenvalue weighted by Crippen LogP contribution is -2.49. The molecule has 104 valence electrons. The zero-order valence-electron chi connectivity index (χ0n) is 11.8. The SMILES string of the molecule is CC1CSCCN1CC1(CNC2CC2)CCCC1. The monoisotopic (exact) mass is 268 g/mol. The highest BCUT2D eigenvalue weighted by Gasteiger charge is 2.38. The van der Waals surface area contributed by atoms with E-state index in [0.29, 0.717) is 5.41 Å². The van der Waals surface area contributed by atoms with E-state index in [1.54, 1.807) is 0 Å². The summed E-state index contributed by atoms with van der Waals surface area (Å²) in [6.45, 7) is 6.38. The molecule has 18 heavy (non-hydrogen) atoms. The minimum atomic E-state index is 0.610. The van der Waals surface area contributed by atoms with Crippen LogP contribution in [0.1, 0.15) is 45.4 Å². The summed E-state index contributed by atoms with van der Waals surface area (Å²) in [6.07, 6.45) is 8.69. The summed E-state index contributed by atoms with van der Waals surface area (Å²) in [4.78, 5) is 2.77. The van der Waals surface area contributed by atoms with E-state index in [2.05, 4.69) is 28.9 Å². The molecule has 2 nitrogen and oxygen atoms in total. The summed E-state index contributed by atoms with van der Waals surface area (Å²) in [5, 5.41) is 3.81. The number of nitrogens with zero attached hydrogens (tertiary/aromatic N) is 1. The van der Waals surface area contributed by atoms with Gasteiger partial charge in [0.05, 0.1) is 0 Å². The van der Waals surface area contributed by atoms with E-state index in [9.17, 15) is 0 Å². The molecule has 1 saturated heterocycles. The van der Waals surface area contributed by atoms with Crippen molar-refractivity contribution in [3.63, 3.8) is 0 Å². The summed E-state index contributed by atoms with van der Waals surface area (Å²) in [5.41, 5.74) is 0.610. The van der Waals surface area contributed by atoms with Crippen molar-refractivity contribution in [1.82, 2.24) is 10.2 Å². The Morgan fingerprint density at radius 2 is 2.06 bits per heavy atom. The van der Waals surface area contributed by atoms with Gasteiger partial charge in [0, 0.05) is 43.2 Å². The molecular formula is C15H28N2S. The Morgan fingerprint density at radius 3 is 2.72 bits per heavy atom. The summed E-state index contributed by atoms with van der Waals surface area (Å²) in [6, 6.07) is 1.67. The molecule has 2 saturated carbocycles. The van der Waals surface area contributed by atoms with E-state index in [4.69, 9.17) is 0 Å². The van der Waals surface area contributed by atoms with E-state index >= 15 is 0 Å². The standard InChI is InChI=1S/C15H28N2S/c1-13-10-18-9-8-17(13)12-15(6-2-3-7-15)11-16-14-4-5-14/h13-14,16H,2-12H2,1H3. The predicted octanol–water partition coefficient (Wildman–Crippen LogP) is 2.74. The van der Waals surface area contributed by atoms with Gasteiger partial charge < -0.3 is 5.32 Å². The maximum Gasteiger partial charge on any atom is 0.0158 e. The van der Waals surface area contributed by atoms with Gasteiger partial charge in [0.15, 0.2) is 0 Å². The van der Waals surface area contributed by atoms with Crippen LogP contribution in [-0.2, 0) is 0 Å². The third kappa shape index (κ3) is 3.23. The maximum atomic E-state index is 3.81. The Morgan fingerprint density at radius 1 is 1.28 bits per heavy atom. The molecule has 1 heterocycles. The van der Waals surface area contributed by atoms with Gasteiger partial charge in [-0.2, -0.15) is 11.8 Å². The molecule has 0 aromatic carbocycles. The van der Waals surface area contributed by atoms with Crippen LogP contribution in [0.4, 0.5) is 0 Å². The Labute approximate surface area is 116 Å². The van der Waals surface area contributed by atoms with Crippen molar-refractivity contribution in [2.24, 2.45) is 5.41 Å². The average Bonchev–Trinajstić information content (AvgIpc) is 3.10. The van der Waals surface area contributed by atoms with Gasteiger partial charge >= 0.3 is 0 Å². The topological polar surface area (TPSA) is 15.3 Å². The highest BCUT2D eigenvalue weighted by molar-refractivity contribution is 7.99. The van der Waals surface area contributed by atoms with E-state index in [-0.39, 0.29) is 0 Å². The Kier molecular flexibility index (Phi) is 4.21. The van der Waals surface area contributed by atoms with Crippen molar-refractivity contribution in [2.45, 2.75) is 57.5 Å². The molecule has 3 fully saturated rings. The third-order valence-electron chi connectivity index (χ3n) is 5.05. The highest BCUT2D eigenvalue weighted by atomic mass is 32.2. The second-order valence-electron chi connectivity index (χ2n) is 6.76. The van der Waals surface area contributed by atoms with E-state index < -0.39 is 0 Å². The van der Waals surface area contributed by atoms with Crippen LogP contribution >= 0.6 is 11.8 Å². The molecule has 3 rings (SSSR count). The lowest BCUT2D eigenvalue weighted by molar-refractivity contribution is 0.126. The molecule has 0 aromatic heterocycles. The fourth-order valence-electron chi connectivity index (χ4n) is 3.59. The molecule has 1 atom stereocenters. The largest absolute Gasteiger partial charge is 0.313 e. The van der Waals surface area contributed by atoms with Crippen LogP contribution in [0.3, 0.4) is 0 Å². The highest BCUT2D eigenvalue weighted by Crippen LogP contribution is 2.40. The van der Waals surface area contributed by atoms with Crippen LogP contribution in [-0.4, -0.2) is 48.1 Å². The molecule has 2 aliphatic carbocycles. The lowest BCUT2D eigenvalue weighted by Gasteiger charge is -2.40. The Bertz CT molecular complexity index is 272. The van der Waals surface area contributed by atoms with Crippen molar-refractivity contribution in [2.75, 3.05) is 31.1 Å². The van der Waals surface area contributed by atoms with Gasteiger partial charge in [-0.25, -0.2) is 0 Å². The first-order valence-corrected chi connectivity index (χ1v) is 8.98. The third-order valence-corrected chi connectivity index (χ3v) is 6.24. The van der Waals surface area contributed by atoms with Crippen LogP contribution in [0, 0.1) is 5.41 Å². The molecule has 1 aliphatic heterocycles. The summed E-state index contributed by atoms with van der Waals surface area (Å²) >= 11 is 2.13. The second-order valence-corrected chi connectivity index (χ2v) is 7.91. The van der Waals surface area contributed by atoms with Crippen molar-refractivity contribution in [1.29, 1.82) is 0 Å². The first kappa shape index (κ1) is 13.3. The van der Waals surface area contributed by atoms with E-state index in [1.807, 2.05) is 0 Å². The summed E-state index contributed by atoms with van der Waals surface area (Å²) in [7, 11) is 0. The molecule has 0 radical (unpaired) electrons. The molecular weight excluding hydrogens is 240 g/mol. The van der Waals surface area contributed by atoms with Crippen molar-refractivity contribution in [3.8, 4) is 0 Å². The molecule has 0 amide bonds. The van der Waals surface area contributed by atoms with Crippen LogP contribution < -0.4 is 5.32 Å². The van der Waals surface area contributed by atoms with Crippen LogP contribution in [0.2, 0.25) is 0 Å². The molecule has 1 N–H and O–H groups in total. The van der Waals surface area contributed by atoms with Gasteiger partial charge in [-0.15, -0.1) is 0 Å². The van der Waals surface area contributed by atoms with E-state index in [1.165, 1.54) is 69.7 Å². The Hall–Kier alpha value is 0.270. The van der Waals surface area contributed by atoms with Gasteiger partial charge in [-0.05, 0) is 38.0 Å². The average molecular weight is 268 g/mol. The fraction of sp³-hybridized carbons (Fsp3) is 1.00. The number of thioether (sulfide) groups is 1. The number of rotatable bonds is 5. The zero-order valence-corrected chi connectivity index (χ0v) is 12.6. The van der Waals surface area contributed by atoms with E-state index in [0.717, 1.165) is 12.1 Å². The van der Waals surface area contributed by atoms with Crippen molar-refractivity contribution < 1.29 is 0 Å². The second kappa shape index (κ2) is 5.72. The molecule has 1 unspecified atom stereocenters. The normalized spacial score (nSPS) is 32.8. The smallest absolute Gasteiger partial charge is 0.0158 e. The first-order chi connectivity index (χ1) is 8.77. The van der Waals surface area contributed by atoms with Gasteiger partial charge in [-0.3, -0.25) is 4.90 Å². The molecule has 0 aromatic rings. The van der Waals surface area contributed by atoms with Crippen LogP contribution in [0.5, 0.6) is 0 Å².